The molecule has 1 amide bonds. The van der Waals surface area contributed by atoms with E-state index >= 15 is 0 Å². The van der Waals surface area contributed by atoms with Crippen LogP contribution in [0.3, 0.4) is 0 Å². The summed E-state index contributed by atoms with van der Waals surface area (Å²) < 4.78 is 11.7. The van der Waals surface area contributed by atoms with Crippen molar-refractivity contribution in [2.45, 2.75) is 6.92 Å². The van der Waals surface area contributed by atoms with Gasteiger partial charge in [0.2, 0.25) is 5.89 Å². The van der Waals surface area contributed by atoms with E-state index in [0.717, 1.165) is 10.0 Å². The zero-order valence-electron chi connectivity index (χ0n) is 15.3. The van der Waals surface area contributed by atoms with Crippen molar-refractivity contribution in [1.29, 1.82) is 0 Å². The molecule has 0 unspecified atom stereocenters. The summed E-state index contributed by atoms with van der Waals surface area (Å²) in [6, 6.07) is 18.6. The lowest BCUT2D eigenvalue weighted by Crippen LogP contribution is -2.11. The van der Waals surface area contributed by atoms with Crippen LogP contribution >= 0.6 is 15.9 Å². The molecule has 0 bridgehead atoms. The largest absolute Gasteiger partial charge is 0.496 e. The highest BCUT2D eigenvalue weighted by atomic mass is 79.9. The molecule has 1 heterocycles. The Morgan fingerprint density at radius 2 is 1.86 bits per heavy atom. The van der Waals surface area contributed by atoms with Crippen molar-refractivity contribution in [1.82, 2.24) is 4.98 Å². The number of aryl methyl sites for hydroxylation is 1. The van der Waals surface area contributed by atoms with Gasteiger partial charge in [0.15, 0.2) is 5.58 Å². The van der Waals surface area contributed by atoms with Crippen LogP contribution in [0.4, 0.5) is 5.69 Å². The van der Waals surface area contributed by atoms with Gasteiger partial charge in [0, 0.05) is 16.8 Å². The number of nitrogens with zero attached hydrogens (tertiary/aromatic N) is 1. The molecular weight excluding hydrogens is 420 g/mol. The van der Waals surface area contributed by atoms with Crippen LogP contribution in [0.25, 0.3) is 22.6 Å². The summed E-state index contributed by atoms with van der Waals surface area (Å²) in [5, 5.41) is 2.89. The number of aromatic nitrogens is 1. The third kappa shape index (κ3) is 3.64. The number of anilines is 1. The Balaban J connectivity index is 1.58. The van der Waals surface area contributed by atoms with E-state index in [1.165, 1.54) is 5.56 Å². The van der Waals surface area contributed by atoms with Gasteiger partial charge in [-0.1, -0.05) is 17.7 Å². The highest BCUT2D eigenvalue weighted by Gasteiger charge is 2.12. The van der Waals surface area contributed by atoms with Gasteiger partial charge >= 0.3 is 0 Å². The van der Waals surface area contributed by atoms with Crippen LogP contribution in [0.2, 0.25) is 0 Å². The molecule has 1 N–H and O–H groups in total. The number of benzene rings is 3. The summed E-state index contributed by atoms with van der Waals surface area (Å²) in [6.45, 7) is 2.03. The monoisotopic (exact) mass is 436 g/mol. The zero-order valence-corrected chi connectivity index (χ0v) is 16.9. The van der Waals surface area contributed by atoms with E-state index in [9.17, 15) is 4.79 Å². The van der Waals surface area contributed by atoms with E-state index in [2.05, 4.69) is 26.2 Å². The highest BCUT2D eigenvalue weighted by Crippen LogP contribution is 2.28. The number of hydrogen-bond donors (Lipinski definition) is 1. The molecule has 0 aliphatic heterocycles. The average molecular weight is 437 g/mol. The molecule has 5 nitrogen and oxygen atoms in total. The number of amides is 1. The van der Waals surface area contributed by atoms with Gasteiger partial charge in [-0.05, 0) is 71.4 Å². The van der Waals surface area contributed by atoms with Crippen LogP contribution in [0.5, 0.6) is 5.75 Å². The second kappa shape index (κ2) is 7.48. The van der Waals surface area contributed by atoms with E-state index in [-0.39, 0.29) is 5.91 Å². The van der Waals surface area contributed by atoms with Crippen LogP contribution < -0.4 is 10.1 Å². The summed E-state index contributed by atoms with van der Waals surface area (Å²) in [7, 11) is 1.58. The molecule has 0 saturated carbocycles. The molecule has 0 aliphatic carbocycles. The standard InChI is InChI=1S/C22H17BrN2O3/c1-13-3-5-14(6-4-13)22-25-18-12-16(8-10-20(18)28-22)24-21(26)15-7-9-19(27-2)17(23)11-15/h3-12H,1-2H3,(H,24,26). The maximum atomic E-state index is 12.5. The van der Waals surface area contributed by atoms with Gasteiger partial charge in [0.05, 0.1) is 11.6 Å². The second-order valence-corrected chi connectivity index (χ2v) is 7.23. The minimum Gasteiger partial charge on any atom is -0.496 e. The van der Waals surface area contributed by atoms with E-state index in [0.29, 0.717) is 34.0 Å². The third-order valence-corrected chi connectivity index (χ3v) is 4.98. The Kier molecular flexibility index (Phi) is 4.88. The molecule has 1 aromatic heterocycles. The summed E-state index contributed by atoms with van der Waals surface area (Å²) in [5.41, 5.74) is 4.61. The number of ether oxygens (including phenoxy) is 1. The number of carbonyl (C=O) groups is 1. The van der Waals surface area contributed by atoms with Crippen LogP contribution in [0.1, 0.15) is 15.9 Å². The molecule has 0 radical (unpaired) electrons. The molecule has 4 aromatic rings. The molecular formula is C22H17BrN2O3. The maximum Gasteiger partial charge on any atom is 0.255 e. The fraction of sp³-hybridized carbons (Fsp3) is 0.0909. The normalized spacial score (nSPS) is 10.8. The molecule has 0 fully saturated rings. The Morgan fingerprint density at radius 3 is 2.57 bits per heavy atom. The van der Waals surface area contributed by atoms with Crippen molar-refractivity contribution in [3.8, 4) is 17.2 Å². The lowest BCUT2D eigenvalue weighted by atomic mass is 10.1. The number of methoxy groups -OCH3 is 1. The summed E-state index contributed by atoms with van der Waals surface area (Å²) in [4.78, 5) is 17.1. The number of oxazole rings is 1. The van der Waals surface area contributed by atoms with Crippen molar-refractivity contribution >= 4 is 38.6 Å². The second-order valence-electron chi connectivity index (χ2n) is 6.37. The Labute approximate surface area is 170 Å². The molecule has 4 rings (SSSR count). The molecule has 28 heavy (non-hydrogen) atoms. The molecule has 0 aliphatic rings. The predicted molar refractivity (Wildman–Crippen MR) is 113 cm³/mol. The topological polar surface area (TPSA) is 64.4 Å². The van der Waals surface area contributed by atoms with Crippen LogP contribution in [0.15, 0.2) is 69.6 Å². The Morgan fingerprint density at radius 1 is 1.07 bits per heavy atom. The molecule has 140 valence electrons. The summed E-state index contributed by atoms with van der Waals surface area (Å²) >= 11 is 3.40. The number of hydrogen-bond acceptors (Lipinski definition) is 4. The molecule has 6 heteroatoms. The van der Waals surface area contributed by atoms with Crippen LogP contribution in [0, 0.1) is 6.92 Å². The van der Waals surface area contributed by atoms with Crippen LogP contribution in [-0.2, 0) is 0 Å². The first kappa shape index (κ1) is 18.3. The van der Waals surface area contributed by atoms with E-state index < -0.39 is 0 Å². The molecule has 0 saturated heterocycles. The van der Waals surface area contributed by atoms with Gasteiger partial charge in [0.1, 0.15) is 11.3 Å². The minimum atomic E-state index is -0.218. The van der Waals surface area contributed by atoms with Gasteiger partial charge in [-0.25, -0.2) is 4.98 Å². The predicted octanol–water partition coefficient (Wildman–Crippen LogP) is 5.83. The van der Waals surface area contributed by atoms with Crippen molar-refractivity contribution in [3.63, 3.8) is 0 Å². The Bertz CT molecular complexity index is 1170. The van der Waals surface area contributed by atoms with Gasteiger partial charge in [-0.15, -0.1) is 0 Å². The van der Waals surface area contributed by atoms with Crippen molar-refractivity contribution in [2.75, 3.05) is 12.4 Å². The lowest BCUT2D eigenvalue weighted by Gasteiger charge is -2.07. The number of rotatable bonds is 4. The SMILES string of the molecule is COc1ccc(C(=O)Nc2ccc3oc(-c4ccc(C)cc4)nc3c2)cc1Br. The minimum absolute atomic E-state index is 0.218. The van der Waals surface area contributed by atoms with Crippen molar-refractivity contribution in [2.24, 2.45) is 0 Å². The maximum absolute atomic E-state index is 12.5. The fourth-order valence-electron chi connectivity index (χ4n) is 2.84. The van der Waals surface area contributed by atoms with Gasteiger partial charge in [0.25, 0.3) is 5.91 Å². The number of fused-ring (bicyclic) bond motifs is 1. The fourth-order valence-corrected chi connectivity index (χ4v) is 3.38. The van der Waals surface area contributed by atoms with Gasteiger partial charge in [-0.3, -0.25) is 4.79 Å². The van der Waals surface area contributed by atoms with Crippen molar-refractivity contribution < 1.29 is 13.9 Å². The van der Waals surface area contributed by atoms with Crippen molar-refractivity contribution in [3.05, 3.63) is 76.3 Å². The molecule has 3 aromatic carbocycles. The van der Waals surface area contributed by atoms with Crippen LogP contribution in [-0.4, -0.2) is 18.0 Å². The first-order valence-corrected chi connectivity index (χ1v) is 9.45. The molecule has 0 spiro atoms. The zero-order chi connectivity index (χ0) is 19.7. The average Bonchev–Trinajstić information content (AvgIpc) is 3.11. The van der Waals surface area contributed by atoms with Gasteiger partial charge in [-0.2, -0.15) is 0 Å². The number of carbonyl (C=O) groups excluding carboxylic acids is 1. The first-order valence-electron chi connectivity index (χ1n) is 8.66. The quantitative estimate of drug-likeness (QED) is 0.437. The lowest BCUT2D eigenvalue weighted by molar-refractivity contribution is 0.102. The Hall–Kier alpha value is -3.12. The molecule has 0 atom stereocenters. The summed E-state index contributed by atoms with van der Waals surface area (Å²) in [5.74, 6) is 1.01. The van der Waals surface area contributed by atoms with E-state index in [1.54, 1.807) is 43.5 Å². The summed E-state index contributed by atoms with van der Waals surface area (Å²) in [6.07, 6.45) is 0. The highest BCUT2D eigenvalue weighted by molar-refractivity contribution is 9.10. The third-order valence-electron chi connectivity index (χ3n) is 4.36. The number of nitrogens with one attached hydrogen (secondary N) is 1. The smallest absolute Gasteiger partial charge is 0.255 e. The van der Waals surface area contributed by atoms with E-state index in [1.807, 2.05) is 31.2 Å². The first-order chi connectivity index (χ1) is 13.5. The number of halogens is 1. The van der Waals surface area contributed by atoms with Gasteiger partial charge < -0.3 is 14.5 Å². The van der Waals surface area contributed by atoms with E-state index in [4.69, 9.17) is 9.15 Å².